The molecular formula is C19H28BrN. The van der Waals surface area contributed by atoms with Gasteiger partial charge in [0.25, 0.3) is 0 Å². The van der Waals surface area contributed by atoms with Crippen molar-refractivity contribution in [2.75, 3.05) is 0 Å². The van der Waals surface area contributed by atoms with Crippen molar-refractivity contribution in [2.24, 2.45) is 5.92 Å². The van der Waals surface area contributed by atoms with Crippen LogP contribution in [0.3, 0.4) is 0 Å². The minimum atomic E-state index is 0.685. The molecule has 2 heteroatoms. The summed E-state index contributed by atoms with van der Waals surface area (Å²) in [6.45, 7) is 7.00. The number of aromatic amines is 1. The molecule has 0 radical (unpaired) electrons. The third-order valence-electron chi connectivity index (χ3n) is 4.49. The fourth-order valence-corrected chi connectivity index (χ4v) is 3.72. The molecule has 1 aromatic heterocycles. The van der Waals surface area contributed by atoms with E-state index in [0.717, 1.165) is 5.92 Å². The largest absolute Gasteiger partial charge is 0.361 e. The first-order valence-electron chi connectivity index (χ1n) is 8.42. The van der Waals surface area contributed by atoms with Crippen molar-refractivity contribution in [3.05, 3.63) is 34.4 Å². The molecule has 1 heterocycles. The highest BCUT2D eigenvalue weighted by molar-refractivity contribution is 9.10. The number of hydrogen-bond acceptors (Lipinski definition) is 0. The number of aromatic nitrogens is 1. The van der Waals surface area contributed by atoms with Gasteiger partial charge in [-0.05, 0) is 48.4 Å². The Morgan fingerprint density at radius 3 is 2.67 bits per heavy atom. The summed E-state index contributed by atoms with van der Waals surface area (Å²) < 4.78 is 1.17. The fraction of sp³-hybridized carbons (Fsp3) is 0.579. The van der Waals surface area contributed by atoms with Gasteiger partial charge in [-0.3, -0.25) is 0 Å². The van der Waals surface area contributed by atoms with E-state index >= 15 is 0 Å². The zero-order chi connectivity index (χ0) is 15.2. The van der Waals surface area contributed by atoms with Gasteiger partial charge in [0.05, 0.1) is 0 Å². The van der Waals surface area contributed by atoms with Crippen LogP contribution in [0.15, 0.2) is 28.9 Å². The molecule has 0 fully saturated rings. The summed E-state index contributed by atoms with van der Waals surface area (Å²) in [5.41, 5.74) is 2.77. The second-order valence-electron chi connectivity index (χ2n) is 6.40. The van der Waals surface area contributed by atoms with Crippen LogP contribution in [0.25, 0.3) is 10.9 Å². The molecule has 2 atom stereocenters. The molecule has 0 amide bonds. The van der Waals surface area contributed by atoms with Crippen LogP contribution in [-0.2, 0) is 0 Å². The van der Waals surface area contributed by atoms with Crippen molar-refractivity contribution >= 4 is 26.8 Å². The Labute approximate surface area is 137 Å². The predicted molar refractivity (Wildman–Crippen MR) is 97.0 cm³/mol. The van der Waals surface area contributed by atoms with Crippen LogP contribution >= 0.6 is 15.9 Å². The zero-order valence-corrected chi connectivity index (χ0v) is 15.2. The zero-order valence-electron chi connectivity index (χ0n) is 13.6. The molecule has 21 heavy (non-hydrogen) atoms. The molecular weight excluding hydrogens is 322 g/mol. The molecule has 0 bridgehead atoms. The van der Waals surface area contributed by atoms with Crippen molar-refractivity contribution < 1.29 is 0 Å². The molecule has 116 valence electrons. The average molecular weight is 350 g/mol. The van der Waals surface area contributed by atoms with E-state index in [4.69, 9.17) is 0 Å². The summed E-state index contributed by atoms with van der Waals surface area (Å²) in [6, 6.07) is 6.55. The smallest absolute Gasteiger partial charge is 0.0457 e. The van der Waals surface area contributed by atoms with Crippen molar-refractivity contribution in [1.29, 1.82) is 0 Å². The second-order valence-corrected chi connectivity index (χ2v) is 7.32. The molecule has 0 aliphatic carbocycles. The van der Waals surface area contributed by atoms with Gasteiger partial charge in [-0.25, -0.2) is 0 Å². The number of rotatable bonds is 8. The van der Waals surface area contributed by atoms with Crippen molar-refractivity contribution in [3.8, 4) is 0 Å². The first-order valence-corrected chi connectivity index (χ1v) is 9.21. The second kappa shape index (κ2) is 8.03. The van der Waals surface area contributed by atoms with Gasteiger partial charge < -0.3 is 4.98 Å². The molecule has 1 aromatic carbocycles. The number of H-pyrrole nitrogens is 1. The highest BCUT2D eigenvalue weighted by Gasteiger charge is 2.18. The minimum absolute atomic E-state index is 0.685. The van der Waals surface area contributed by atoms with Crippen LogP contribution in [0, 0.1) is 5.92 Å². The molecule has 0 spiro atoms. The van der Waals surface area contributed by atoms with Crippen LogP contribution in [0.4, 0.5) is 0 Å². The van der Waals surface area contributed by atoms with Gasteiger partial charge in [-0.2, -0.15) is 0 Å². The summed E-state index contributed by atoms with van der Waals surface area (Å²) in [5.74, 6) is 1.50. The van der Waals surface area contributed by atoms with Crippen molar-refractivity contribution in [2.45, 2.75) is 65.2 Å². The lowest BCUT2D eigenvalue weighted by molar-refractivity contribution is 0.412. The normalized spacial score (nSPS) is 14.5. The van der Waals surface area contributed by atoms with Crippen LogP contribution in [-0.4, -0.2) is 4.98 Å². The third-order valence-corrected chi connectivity index (χ3v) is 4.98. The van der Waals surface area contributed by atoms with E-state index in [0.29, 0.717) is 5.92 Å². The summed E-state index contributed by atoms with van der Waals surface area (Å²) in [6.07, 6.45) is 10.1. The van der Waals surface area contributed by atoms with Crippen LogP contribution in [0.1, 0.15) is 70.8 Å². The Bertz CT molecular complexity index is 558. The maximum absolute atomic E-state index is 3.61. The number of nitrogens with one attached hydrogen (secondary N) is 1. The molecule has 2 rings (SSSR count). The Balaban J connectivity index is 2.21. The lowest BCUT2D eigenvalue weighted by Gasteiger charge is -2.20. The molecule has 1 N–H and O–H groups in total. The number of unbranched alkanes of at least 4 members (excludes halogenated alkanes) is 1. The first-order chi connectivity index (χ1) is 10.2. The van der Waals surface area contributed by atoms with Crippen molar-refractivity contribution in [1.82, 2.24) is 4.98 Å². The van der Waals surface area contributed by atoms with E-state index in [1.165, 1.54) is 59.5 Å². The van der Waals surface area contributed by atoms with E-state index in [1.807, 2.05) is 0 Å². The van der Waals surface area contributed by atoms with Crippen LogP contribution in [0.2, 0.25) is 0 Å². The highest BCUT2D eigenvalue weighted by Crippen LogP contribution is 2.35. The number of halogens is 1. The SMILES string of the molecule is CCCCC(C)CC(CCC)c1c[nH]c2ccc(Br)cc12. The molecule has 2 aromatic rings. The van der Waals surface area contributed by atoms with Crippen LogP contribution < -0.4 is 0 Å². The maximum Gasteiger partial charge on any atom is 0.0457 e. The van der Waals surface area contributed by atoms with Gasteiger partial charge in [0.15, 0.2) is 0 Å². The Morgan fingerprint density at radius 2 is 1.95 bits per heavy atom. The Morgan fingerprint density at radius 1 is 1.14 bits per heavy atom. The Kier molecular flexibility index (Phi) is 6.35. The lowest BCUT2D eigenvalue weighted by Crippen LogP contribution is -2.05. The van der Waals surface area contributed by atoms with Crippen LogP contribution in [0.5, 0.6) is 0 Å². The molecule has 0 saturated heterocycles. The van der Waals surface area contributed by atoms with Gasteiger partial charge in [0.2, 0.25) is 0 Å². The average Bonchev–Trinajstić information content (AvgIpc) is 2.87. The minimum Gasteiger partial charge on any atom is -0.361 e. The standard InChI is InChI=1S/C19H28BrN/c1-4-6-8-14(3)11-15(7-5-2)18-13-21-19-10-9-16(20)12-17(18)19/h9-10,12-15,21H,4-8,11H2,1-3H3. The summed E-state index contributed by atoms with van der Waals surface area (Å²) in [4.78, 5) is 3.45. The summed E-state index contributed by atoms with van der Waals surface area (Å²) >= 11 is 3.61. The molecule has 0 aliphatic rings. The van der Waals surface area contributed by atoms with E-state index in [9.17, 15) is 0 Å². The van der Waals surface area contributed by atoms with Gasteiger partial charge in [0.1, 0.15) is 0 Å². The van der Waals surface area contributed by atoms with Gasteiger partial charge in [0, 0.05) is 21.6 Å². The maximum atomic E-state index is 3.61. The Hall–Kier alpha value is -0.760. The molecule has 0 aliphatic heterocycles. The van der Waals surface area contributed by atoms with Crippen molar-refractivity contribution in [3.63, 3.8) is 0 Å². The van der Waals surface area contributed by atoms with E-state index < -0.39 is 0 Å². The topological polar surface area (TPSA) is 15.8 Å². The molecule has 0 saturated carbocycles. The number of fused-ring (bicyclic) bond motifs is 1. The van der Waals surface area contributed by atoms with E-state index in [1.54, 1.807) is 0 Å². The van der Waals surface area contributed by atoms with Gasteiger partial charge in [-0.15, -0.1) is 0 Å². The third kappa shape index (κ3) is 4.35. The molecule has 1 nitrogen and oxygen atoms in total. The molecule has 2 unspecified atom stereocenters. The lowest BCUT2D eigenvalue weighted by atomic mass is 9.84. The van der Waals surface area contributed by atoms with E-state index in [-0.39, 0.29) is 0 Å². The number of hydrogen-bond donors (Lipinski definition) is 1. The first kappa shape index (κ1) is 16.6. The summed E-state index contributed by atoms with van der Waals surface area (Å²) in [5, 5.41) is 1.39. The highest BCUT2D eigenvalue weighted by atomic mass is 79.9. The predicted octanol–water partition coefficient (Wildman–Crippen LogP) is 7.03. The fourth-order valence-electron chi connectivity index (χ4n) is 3.36. The summed E-state index contributed by atoms with van der Waals surface area (Å²) in [7, 11) is 0. The number of benzene rings is 1. The van der Waals surface area contributed by atoms with Gasteiger partial charge >= 0.3 is 0 Å². The quantitative estimate of drug-likeness (QED) is 0.526. The van der Waals surface area contributed by atoms with E-state index in [2.05, 4.69) is 66.1 Å². The monoisotopic (exact) mass is 349 g/mol. The van der Waals surface area contributed by atoms with Gasteiger partial charge in [-0.1, -0.05) is 62.4 Å².